The van der Waals surface area contributed by atoms with Crippen LogP contribution in [0.5, 0.6) is 0 Å². The highest BCUT2D eigenvalue weighted by Crippen LogP contribution is 2.21. The van der Waals surface area contributed by atoms with E-state index in [1.165, 1.54) is 5.56 Å². The Kier molecular flexibility index (Phi) is 6.05. The molecular weight excluding hydrogens is 408 g/mol. The number of rotatable bonds is 6. The molecule has 6 heteroatoms. The lowest BCUT2D eigenvalue weighted by Crippen LogP contribution is -2.26. The zero-order valence-corrected chi connectivity index (χ0v) is 18.6. The van der Waals surface area contributed by atoms with Crippen molar-refractivity contribution in [2.75, 3.05) is 0 Å². The monoisotopic (exact) mass is 432 g/mol. The maximum absolute atomic E-state index is 12.9. The van der Waals surface area contributed by atoms with Crippen LogP contribution in [0.1, 0.15) is 59.8 Å². The smallest absolute Gasteiger partial charge is 0.251 e. The van der Waals surface area contributed by atoms with Crippen LogP contribution in [-0.2, 0) is 6.54 Å². The van der Waals surface area contributed by atoms with Crippen molar-refractivity contribution < 1.29 is 4.79 Å². The highest BCUT2D eigenvalue weighted by Gasteiger charge is 2.14. The molecule has 0 fully saturated rings. The molecule has 0 spiro atoms. The minimum Gasteiger partial charge on any atom is -0.346 e. The summed E-state index contributed by atoms with van der Waals surface area (Å²) in [4.78, 5) is 21.5. The van der Waals surface area contributed by atoms with Crippen LogP contribution < -0.4 is 5.32 Å². The molecule has 0 bridgehead atoms. The Morgan fingerprint density at radius 3 is 2.58 bits per heavy atom. The number of benzene rings is 2. The molecule has 2 aromatic carbocycles. The molecule has 1 atom stereocenters. The SMILES string of the molecule is CC(C)c1cccc([C@H](C)NC(=O)c2ccc3c(c2)ncn3Cc2ccc(Cl)nc2)c1. The molecule has 4 aromatic rings. The van der Waals surface area contributed by atoms with Gasteiger partial charge < -0.3 is 9.88 Å². The molecule has 0 aliphatic rings. The number of aromatic nitrogens is 3. The number of carbonyl (C=O) groups excluding carboxylic acids is 1. The molecule has 0 saturated heterocycles. The Balaban J connectivity index is 1.50. The normalized spacial score (nSPS) is 12.3. The van der Waals surface area contributed by atoms with Gasteiger partial charge in [0.1, 0.15) is 5.15 Å². The Morgan fingerprint density at radius 2 is 1.84 bits per heavy atom. The number of hydrogen-bond acceptors (Lipinski definition) is 3. The van der Waals surface area contributed by atoms with Gasteiger partial charge in [-0.05, 0) is 53.8 Å². The minimum absolute atomic E-state index is 0.0862. The number of fused-ring (bicyclic) bond motifs is 1. The first-order valence-electron chi connectivity index (χ1n) is 10.4. The number of hydrogen-bond donors (Lipinski definition) is 1. The van der Waals surface area contributed by atoms with Crippen LogP contribution in [0.25, 0.3) is 11.0 Å². The summed E-state index contributed by atoms with van der Waals surface area (Å²) in [5.74, 6) is 0.338. The third-order valence-corrected chi connectivity index (χ3v) is 5.67. The maximum Gasteiger partial charge on any atom is 0.251 e. The lowest BCUT2D eigenvalue weighted by molar-refractivity contribution is 0.0940. The van der Waals surface area contributed by atoms with E-state index in [0.717, 1.165) is 22.2 Å². The van der Waals surface area contributed by atoms with Crippen LogP contribution in [0.2, 0.25) is 5.15 Å². The summed E-state index contributed by atoms with van der Waals surface area (Å²) in [6.45, 7) is 6.97. The molecule has 0 aliphatic heterocycles. The second kappa shape index (κ2) is 8.90. The average molecular weight is 433 g/mol. The van der Waals surface area contributed by atoms with Crippen molar-refractivity contribution in [3.05, 3.63) is 94.5 Å². The third-order valence-electron chi connectivity index (χ3n) is 5.45. The van der Waals surface area contributed by atoms with Gasteiger partial charge in [0.15, 0.2) is 0 Å². The van der Waals surface area contributed by atoms with Crippen LogP contribution in [0.15, 0.2) is 67.1 Å². The van der Waals surface area contributed by atoms with Crippen LogP contribution in [0.3, 0.4) is 0 Å². The Hall–Kier alpha value is -3.18. The van der Waals surface area contributed by atoms with Gasteiger partial charge in [0, 0.05) is 11.8 Å². The Labute approximate surface area is 187 Å². The van der Waals surface area contributed by atoms with E-state index in [0.29, 0.717) is 23.2 Å². The number of nitrogens with one attached hydrogen (secondary N) is 1. The predicted octanol–water partition coefficient (Wildman–Crippen LogP) is 5.75. The van der Waals surface area contributed by atoms with Crippen molar-refractivity contribution in [2.24, 2.45) is 0 Å². The van der Waals surface area contributed by atoms with Gasteiger partial charge in [0.05, 0.1) is 29.9 Å². The number of imidazole rings is 1. The van der Waals surface area contributed by atoms with Crippen LogP contribution >= 0.6 is 11.6 Å². The summed E-state index contributed by atoms with van der Waals surface area (Å²) >= 11 is 5.86. The van der Waals surface area contributed by atoms with E-state index in [4.69, 9.17) is 11.6 Å². The van der Waals surface area contributed by atoms with Crippen molar-refractivity contribution in [1.82, 2.24) is 19.9 Å². The predicted molar refractivity (Wildman–Crippen MR) is 124 cm³/mol. The number of carbonyl (C=O) groups is 1. The molecule has 158 valence electrons. The number of halogens is 1. The molecule has 2 heterocycles. The quantitative estimate of drug-likeness (QED) is 0.395. The highest BCUT2D eigenvalue weighted by molar-refractivity contribution is 6.29. The molecule has 5 nitrogen and oxygen atoms in total. The molecule has 31 heavy (non-hydrogen) atoms. The van der Waals surface area contributed by atoms with E-state index in [9.17, 15) is 4.79 Å². The molecular formula is C25H25ClN4O. The summed E-state index contributed by atoms with van der Waals surface area (Å²) in [6, 6.07) is 17.6. The Bertz CT molecular complexity index is 1210. The summed E-state index contributed by atoms with van der Waals surface area (Å²) in [5, 5.41) is 3.57. The van der Waals surface area contributed by atoms with Crippen LogP contribution in [0.4, 0.5) is 0 Å². The van der Waals surface area contributed by atoms with Gasteiger partial charge in [-0.3, -0.25) is 4.79 Å². The maximum atomic E-state index is 12.9. The third kappa shape index (κ3) is 4.78. The summed E-state index contributed by atoms with van der Waals surface area (Å²) in [7, 11) is 0. The average Bonchev–Trinajstić information content (AvgIpc) is 3.17. The van der Waals surface area contributed by atoms with E-state index in [2.05, 4.69) is 41.3 Å². The zero-order valence-electron chi connectivity index (χ0n) is 17.8. The molecule has 0 saturated carbocycles. The van der Waals surface area contributed by atoms with Gasteiger partial charge in [-0.15, -0.1) is 0 Å². The van der Waals surface area contributed by atoms with Crippen molar-refractivity contribution in [2.45, 2.75) is 39.3 Å². The summed E-state index contributed by atoms with van der Waals surface area (Å²) in [6.07, 6.45) is 3.53. The topological polar surface area (TPSA) is 59.8 Å². The molecule has 0 unspecified atom stereocenters. The lowest BCUT2D eigenvalue weighted by atomic mass is 9.98. The minimum atomic E-state index is -0.110. The summed E-state index contributed by atoms with van der Waals surface area (Å²) in [5.41, 5.74) is 5.73. The molecule has 1 N–H and O–H groups in total. The van der Waals surface area contributed by atoms with E-state index in [1.807, 2.05) is 47.9 Å². The van der Waals surface area contributed by atoms with E-state index < -0.39 is 0 Å². The first-order valence-corrected chi connectivity index (χ1v) is 10.7. The highest BCUT2D eigenvalue weighted by atomic mass is 35.5. The van der Waals surface area contributed by atoms with Crippen molar-refractivity contribution in [3.63, 3.8) is 0 Å². The van der Waals surface area contributed by atoms with E-state index in [-0.39, 0.29) is 11.9 Å². The molecule has 0 radical (unpaired) electrons. The van der Waals surface area contributed by atoms with Crippen molar-refractivity contribution >= 4 is 28.5 Å². The van der Waals surface area contributed by atoms with Gasteiger partial charge in [0.25, 0.3) is 5.91 Å². The van der Waals surface area contributed by atoms with Crippen molar-refractivity contribution in [3.8, 4) is 0 Å². The molecule has 1 amide bonds. The lowest BCUT2D eigenvalue weighted by Gasteiger charge is -2.16. The standard InChI is InChI=1S/C25H25ClN4O/c1-16(2)19-5-4-6-20(11-19)17(3)29-25(31)21-8-9-23-22(12-21)28-15-30(23)14-18-7-10-24(26)27-13-18/h4-13,15-17H,14H2,1-3H3,(H,29,31)/t17-/m0/s1. The fourth-order valence-electron chi connectivity index (χ4n) is 3.58. The summed E-state index contributed by atoms with van der Waals surface area (Å²) < 4.78 is 2.03. The molecule has 4 rings (SSSR count). The van der Waals surface area contributed by atoms with Crippen LogP contribution in [-0.4, -0.2) is 20.4 Å². The van der Waals surface area contributed by atoms with Gasteiger partial charge in [-0.1, -0.05) is 55.8 Å². The van der Waals surface area contributed by atoms with Crippen molar-refractivity contribution in [1.29, 1.82) is 0 Å². The van der Waals surface area contributed by atoms with Crippen LogP contribution in [0, 0.1) is 0 Å². The zero-order chi connectivity index (χ0) is 22.0. The second-order valence-corrected chi connectivity index (χ2v) is 8.47. The van der Waals surface area contributed by atoms with E-state index >= 15 is 0 Å². The van der Waals surface area contributed by atoms with E-state index in [1.54, 1.807) is 18.6 Å². The number of pyridine rings is 1. The van der Waals surface area contributed by atoms with Gasteiger partial charge >= 0.3 is 0 Å². The fraction of sp³-hybridized carbons (Fsp3) is 0.240. The number of amides is 1. The van der Waals surface area contributed by atoms with Gasteiger partial charge in [-0.25, -0.2) is 9.97 Å². The second-order valence-electron chi connectivity index (χ2n) is 8.09. The number of nitrogens with zero attached hydrogens (tertiary/aromatic N) is 3. The molecule has 0 aliphatic carbocycles. The molecule has 2 aromatic heterocycles. The van der Waals surface area contributed by atoms with Gasteiger partial charge in [-0.2, -0.15) is 0 Å². The largest absolute Gasteiger partial charge is 0.346 e. The first kappa shape index (κ1) is 21.1. The first-order chi connectivity index (χ1) is 14.9. The fourth-order valence-corrected chi connectivity index (χ4v) is 3.69. The Morgan fingerprint density at radius 1 is 1.03 bits per heavy atom. The van der Waals surface area contributed by atoms with Gasteiger partial charge in [0.2, 0.25) is 0 Å².